The molecule has 4 rings (SSSR count). The molecule has 0 amide bonds. The zero-order valence-corrected chi connectivity index (χ0v) is 13.8. The van der Waals surface area contributed by atoms with Crippen LogP contribution in [0.5, 0.6) is 5.75 Å². The molecule has 0 saturated heterocycles. The molecule has 0 radical (unpaired) electrons. The summed E-state index contributed by atoms with van der Waals surface area (Å²) in [5, 5.41) is 3.39. The first kappa shape index (κ1) is 15.0. The average molecular weight is 315 g/mol. The molecule has 3 aromatic carbocycles. The number of benzene rings is 3. The third kappa shape index (κ3) is 2.81. The van der Waals surface area contributed by atoms with E-state index in [9.17, 15) is 0 Å². The van der Waals surface area contributed by atoms with Crippen molar-refractivity contribution < 1.29 is 4.74 Å². The van der Waals surface area contributed by atoms with E-state index in [4.69, 9.17) is 4.74 Å². The van der Waals surface area contributed by atoms with Crippen molar-refractivity contribution in [2.45, 2.75) is 18.6 Å². The molecule has 0 unspecified atom stereocenters. The number of rotatable bonds is 4. The van der Waals surface area contributed by atoms with Gasteiger partial charge in [-0.3, -0.25) is 0 Å². The number of likely N-dealkylation sites (N-methyl/N-ethyl adjacent to an activating group) is 1. The van der Waals surface area contributed by atoms with Crippen LogP contribution in [0.1, 0.15) is 17.2 Å². The van der Waals surface area contributed by atoms with Crippen LogP contribution < -0.4 is 10.1 Å². The quantitative estimate of drug-likeness (QED) is 0.758. The van der Waals surface area contributed by atoms with Crippen molar-refractivity contribution in [3.63, 3.8) is 0 Å². The van der Waals surface area contributed by atoms with Crippen molar-refractivity contribution in [3.05, 3.63) is 90.0 Å². The molecule has 0 spiro atoms. The zero-order chi connectivity index (χ0) is 16.4. The van der Waals surface area contributed by atoms with Gasteiger partial charge in [0.2, 0.25) is 0 Å². The molecule has 0 saturated carbocycles. The number of hydrogen-bond acceptors (Lipinski definition) is 2. The van der Waals surface area contributed by atoms with Crippen molar-refractivity contribution in [3.8, 4) is 16.9 Å². The van der Waals surface area contributed by atoms with Crippen LogP contribution in [-0.4, -0.2) is 13.1 Å². The smallest absolute Gasteiger partial charge is 0.140 e. The van der Waals surface area contributed by atoms with Crippen LogP contribution >= 0.6 is 0 Å². The highest BCUT2D eigenvalue weighted by atomic mass is 16.5. The molecule has 0 aliphatic heterocycles. The Balaban J connectivity index is 1.57. The minimum atomic E-state index is 0.0637. The fraction of sp³-hybridized carbons (Fsp3) is 0.182. The summed E-state index contributed by atoms with van der Waals surface area (Å²) in [6, 6.07) is 27.7. The van der Waals surface area contributed by atoms with Crippen molar-refractivity contribution in [1.82, 2.24) is 5.32 Å². The Morgan fingerprint density at radius 1 is 0.792 bits per heavy atom. The summed E-state index contributed by atoms with van der Waals surface area (Å²) in [7, 11) is 2.01. The first-order valence-corrected chi connectivity index (χ1v) is 8.42. The molecule has 0 aromatic heterocycles. The van der Waals surface area contributed by atoms with Gasteiger partial charge in [0.15, 0.2) is 0 Å². The molecule has 1 N–H and O–H groups in total. The lowest BCUT2D eigenvalue weighted by Gasteiger charge is -2.22. The topological polar surface area (TPSA) is 21.3 Å². The second-order valence-corrected chi connectivity index (χ2v) is 6.23. The maximum absolute atomic E-state index is 6.33. The minimum absolute atomic E-state index is 0.0637. The molecule has 120 valence electrons. The van der Waals surface area contributed by atoms with E-state index in [1.54, 1.807) is 0 Å². The van der Waals surface area contributed by atoms with Gasteiger partial charge in [0.05, 0.1) is 6.04 Å². The molecule has 0 heterocycles. The van der Waals surface area contributed by atoms with Crippen LogP contribution in [0.25, 0.3) is 11.1 Å². The molecule has 3 aromatic rings. The Kier molecular flexibility index (Phi) is 4.06. The van der Waals surface area contributed by atoms with Gasteiger partial charge in [-0.25, -0.2) is 0 Å². The third-order valence-electron chi connectivity index (χ3n) is 4.76. The lowest BCUT2D eigenvalue weighted by molar-refractivity contribution is 0.172. The molecular formula is C22H21NO. The van der Waals surface area contributed by atoms with Crippen molar-refractivity contribution in [1.29, 1.82) is 0 Å². The van der Waals surface area contributed by atoms with E-state index in [1.165, 1.54) is 22.3 Å². The Morgan fingerprint density at radius 3 is 2.21 bits per heavy atom. The van der Waals surface area contributed by atoms with Crippen LogP contribution in [0.4, 0.5) is 0 Å². The SMILES string of the molecule is CN[C@H]1Cc2ccccc2[C@H]1Oc1ccc(-c2ccccc2)cc1. The van der Waals surface area contributed by atoms with E-state index in [0.717, 1.165) is 12.2 Å². The van der Waals surface area contributed by atoms with E-state index in [2.05, 4.69) is 78.1 Å². The van der Waals surface area contributed by atoms with Gasteiger partial charge in [-0.2, -0.15) is 0 Å². The summed E-state index contributed by atoms with van der Waals surface area (Å²) in [4.78, 5) is 0. The minimum Gasteiger partial charge on any atom is -0.484 e. The van der Waals surface area contributed by atoms with Gasteiger partial charge in [0.1, 0.15) is 11.9 Å². The molecule has 2 nitrogen and oxygen atoms in total. The molecule has 0 fully saturated rings. The third-order valence-corrected chi connectivity index (χ3v) is 4.76. The van der Waals surface area contributed by atoms with Crippen molar-refractivity contribution >= 4 is 0 Å². The van der Waals surface area contributed by atoms with Gasteiger partial charge >= 0.3 is 0 Å². The van der Waals surface area contributed by atoms with Crippen LogP contribution in [0.3, 0.4) is 0 Å². The lowest BCUT2D eigenvalue weighted by atomic mass is 10.1. The van der Waals surface area contributed by atoms with Gasteiger partial charge in [0, 0.05) is 0 Å². The summed E-state index contributed by atoms with van der Waals surface area (Å²) >= 11 is 0. The first-order chi connectivity index (χ1) is 11.8. The van der Waals surface area contributed by atoms with E-state index in [0.29, 0.717) is 6.04 Å². The molecule has 1 aliphatic rings. The van der Waals surface area contributed by atoms with Crippen molar-refractivity contribution in [2.24, 2.45) is 0 Å². The second kappa shape index (κ2) is 6.50. The Morgan fingerprint density at radius 2 is 1.46 bits per heavy atom. The van der Waals surface area contributed by atoms with Crippen molar-refractivity contribution in [2.75, 3.05) is 7.05 Å². The van der Waals surface area contributed by atoms with Gasteiger partial charge in [-0.15, -0.1) is 0 Å². The normalized spacial score (nSPS) is 19.0. The number of hydrogen-bond donors (Lipinski definition) is 1. The summed E-state index contributed by atoms with van der Waals surface area (Å²) in [6.07, 6.45) is 1.08. The summed E-state index contributed by atoms with van der Waals surface area (Å²) < 4.78 is 6.33. The van der Waals surface area contributed by atoms with Crippen LogP contribution in [0, 0.1) is 0 Å². The molecular weight excluding hydrogens is 294 g/mol. The second-order valence-electron chi connectivity index (χ2n) is 6.23. The zero-order valence-electron chi connectivity index (χ0n) is 13.8. The molecule has 2 heteroatoms. The van der Waals surface area contributed by atoms with Gasteiger partial charge in [-0.1, -0.05) is 66.7 Å². The summed E-state index contributed by atoms with van der Waals surface area (Å²) in [5.41, 5.74) is 5.11. The predicted molar refractivity (Wildman–Crippen MR) is 98.2 cm³/mol. The lowest BCUT2D eigenvalue weighted by Crippen LogP contribution is -2.32. The maximum atomic E-state index is 6.33. The van der Waals surface area contributed by atoms with Crippen LogP contribution in [0.2, 0.25) is 0 Å². The Hall–Kier alpha value is -2.58. The van der Waals surface area contributed by atoms with Crippen LogP contribution in [0.15, 0.2) is 78.9 Å². The van der Waals surface area contributed by atoms with Gasteiger partial charge < -0.3 is 10.1 Å². The summed E-state index contributed by atoms with van der Waals surface area (Å²) in [6.45, 7) is 0. The molecule has 0 bridgehead atoms. The first-order valence-electron chi connectivity index (χ1n) is 8.42. The maximum Gasteiger partial charge on any atom is 0.140 e. The molecule has 1 aliphatic carbocycles. The monoisotopic (exact) mass is 315 g/mol. The predicted octanol–water partition coefficient (Wildman–Crippen LogP) is 4.62. The summed E-state index contributed by atoms with van der Waals surface area (Å²) in [5.74, 6) is 0.914. The standard InChI is InChI=1S/C22H21NO/c1-23-21-15-18-9-5-6-10-20(18)22(21)24-19-13-11-17(12-14-19)16-7-3-2-4-8-16/h2-14,21-23H,15H2,1H3/t21-,22+/m0/s1. The Labute approximate surface area is 143 Å². The highest BCUT2D eigenvalue weighted by Crippen LogP contribution is 2.35. The van der Waals surface area contributed by atoms with E-state index >= 15 is 0 Å². The van der Waals surface area contributed by atoms with E-state index in [1.807, 2.05) is 13.1 Å². The fourth-order valence-electron chi connectivity index (χ4n) is 3.46. The average Bonchev–Trinajstić information content (AvgIpc) is 3.01. The fourth-order valence-corrected chi connectivity index (χ4v) is 3.46. The Bertz CT molecular complexity index is 811. The van der Waals surface area contributed by atoms with E-state index in [-0.39, 0.29) is 6.10 Å². The van der Waals surface area contributed by atoms with Gasteiger partial charge in [0.25, 0.3) is 0 Å². The largest absolute Gasteiger partial charge is 0.484 e. The van der Waals surface area contributed by atoms with E-state index < -0.39 is 0 Å². The van der Waals surface area contributed by atoms with Gasteiger partial charge in [-0.05, 0) is 47.9 Å². The molecule has 2 atom stereocenters. The highest BCUT2D eigenvalue weighted by Gasteiger charge is 2.32. The number of ether oxygens (including phenoxy) is 1. The molecule has 24 heavy (non-hydrogen) atoms. The highest BCUT2D eigenvalue weighted by molar-refractivity contribution is 5.63. The van der Waals surface area contributed by atoms with Crippen LogP contribution in [-0.2, 0) is 6.42 Å². The number of fused-ring (bicyclic) bond motifs is 1. The number of nitrogens with one attached hydrogen (secondary N) is 1.